The Labute approximate surface area is 137 Å². The molecule has 2 heterocycles. The van der Waals surface area contributed by atoms with E-state index in [-0.39, 0.29) is 5.97 Å². The topological polar surface area (TPSA) is 66.4 Å². The van der Waals surface area contributed by atoms with Crippen molar-refractivity contribution >= 4 is 5.97 Å². The monoisotopic (exact) mass is 319 g/mol. The smallest absolute Gasteiger partial charge is 0.338 e. The average molecular weight is 319 g/mol. The van der Waals surface area contributed by atoms with Gasteiger partial charge in [0, 0.05) is 18.0 Å². The van der Waals surface area contributed by atoms with Crippen molar-refractivity contribution in [2.24, 2.45) is 5.92 Å². The summed E-state index contributed by atoms with van der Waals surface area (Å²) in [6.45, 7) is 6.29. The van der Waals surface area contributed by atoms with Crippen LogP contribution in [-0.4, -0.2) is 49.2 Å². The molecular weight excluding hydrogens is 292 g/mol. The Kier molecular flexibility index (Phi) is 4.99. The molecule has 0 radical (unpaired) electrons. The molecule has 3 N–H and O–H groups in total. The second-order valence-corrected chi connectivity index (χ2v) is 6.79. The summed E-state index contributed by atoms with van der Waals surface area (Å²) in [6, 6.07) is 3.67. The predicted molar refractivity (Wildman–Crippen MR) is 87.1 cm³/mol. The van der Waals surface area contributed by atoms with Gasteiger partial charge in [-0.2, -0.15) is 0 Å². The minimum absolute atomic E-state index is 0.251. The Hall–Kier alpha value is -1.43. The number of fused-ring (bicyclic) bond motifs is 1. The summed E-state index contributed by atoms with van der Waals surface area (Å²) in [5.41, 5.74) is 3.50. The van der Waals surface area contributed by atoms with Gasteiger partial charge in [-0.25, -0.2) is 4.79 Å². The molecule has 0 unspecified atom stereocenters. The summed E-state index contributed by atoms with van der Waals surface area (Å²) in [5.74, 6) is 0.553. The number of nitrogens with zero attached hydrogens (tertiary/aromatic N) is 1. The molecule has 1 saturated heterocycles. The van der Waals surface area contributed by atoms with Gasteiger partial charge < -0.3 is 20.1 Å². The van der Waals surface area contributed by atoms with E-state index in [1.807, 2.05) is 13.0 Å². The molecule has 0 aromatic heterocycles. The number of cyclic esters (lactones) is 1. The Morgan fingerprint density at radius 2 is 2.13 bits per heavy atom. The van der Waals surface area contributed by atoms with Gasteiger partial charge >= 0.3 is 5.97 Å². The molecule has 1 aromatic carbocycles. The van der Waals surface area contributed by atoms with Gasteiger partial charge in [-0.1, -0.05) is 6.07 Å². The normalized spacial score (nSPS) is 20.4. The third kappa shape index (κ3) is 3.42. The highest BCUT2D eigenvalue weighted by Crippen LogP contribution is 2.30. The second-order valence-electron chi connectivity index (χ2n) is 6.79. The van der Waals surface area contributed by atoms with E-state index in [4.69, 9.17) is 4.74 Å². The molecule has 5 heteroatoms. The molecule has 0 aliphatic carbocycles. The lowest BCUT2D eigenvalue weighted by atomic mass is 9.93. The number of β-amino-alcohol motifs (C(OH)–C–C–N with tert-alkyl or cyclic N) is 1. The quantitative estimate of drug-likeness (QED) is 0.780. The number of carbonyl (C=O) groups is 1. The van der Waals surface area contributed by atoms with Crippen molar-refractivity contribution in [3.05, 3.63) is 34.4 Å². The number of esters is 1. The highest BCUT2D eigenvalue weighted by Gasteiger charge is 2.27. The lowest BCUT2D eigenvalue weighted by molar-refractivity contribution is -0.633. The van der Waals surface area contributed by atoms with Crippen LogP contribution in [0.3, 0.4) is 0 Å². The van der Waals surface area contributed by atoms with Crippen LogP contribution in [0.2, 0.25) is 0 Å². The summed E-state index contributed by atoms with van der Waals surface area (Å²) in [5, 5.41) is 12.9. The zero-order valence-electron chi connectivity index (χ0n) is 14.0. The first-order valence-corrected chi connectivity index (χ1v) is 8.58. The van der Waals surface area contributed by atoms with E-state index >= 15 is 0 Å². The molecular formula is C18H27N2O3+. The molecule has 5 nitrogen and oxygen atoms in total. The Morgan fingerprint density at radius 1 is 1.39 bits per heavy atom. The lowest BCUT2D eigenvalue weighted by Gasteiger charge is -2.32. The first-order chi connectivity index (χ1) is 11.1. The third-order valence-corrected chi connectivity index (χ3v) is 5.27. The molecule has 1 aromatic rings. The summed E-state index contributed by atoms with van der Waals surface area (Å²) < 4.78 is 5.09. The SMILES string of the molecule is C[NH2+]CC1CCN(C[C@H](O)c2ccc3c(c2C)COC3=O)CC1. The van der Waals surface area contributed by atoms with E-state index in [0.29, 0.717) is 18.7 Å². The van der Waals surface area contributed by atoms with Gasteiger partial charge in [-0.3, -0.25) is 0 Å². The Balaban J connectivity index is 1.63. The second kappa shape index (κ2) is 6.99. The third-order valence-electron chi connectivity index (χ3n) is 5.27. The fourth-order valence-electron chi connectivity index (χ4n) is 3.81. The van der Waals surface area contributed by atoms with Crippen LogP contribution in [0, 0.1) is 12.8 Å². The van der Waals surface area contributed by atoms with Crippen LogP contribution in [0.25, 0.3) is 0 Å². The maximum Gasteiger partial charge on any atom is 0.338 e. The maximum atomic E-state index is 11.6. The lowest BCUT2D eigenvalue weighted by Crippen LogP contribution is -2.81. The van der Waals surface area contributed by atoms with Crippen molar-refractivity contribution in [3.8, 4) is 0 Å². The van der Waals surface area contributed by atoms with Crippen molar-refractivity contribution in [1.82, 2.24) is 4.90 Å². The molecule has 23 heavy (non-hydrogen) atoms. The van der Waals surface area contributed by atoms with Gasteiger partial charge in [0.05, 0.1) is 25.3 Å². The minimum atomic E-state index is -0.509. The molecule has 1 atom stereocenters. The number of nitrogens with two attached hydrogens (primary N) is 1. The zero-order valence-corrected chi connectivity index (χ0v) is 14.0. The number of rotatable bonds is 5. The number of aliphatic hydroxyl groups excluding tert-OH is 1. The summed E-state index contributed by atoms with van der Waals surface area (Å²) in [7, 11) is 2.13. The van der Waals surface area contributed by atoms with Gasteiger partial charge in [0.25, 0.3) is 0 Å². The first-order valence-electron chi connectivity index (χ1n) is 8.58. The molecule has 0 saturated carbocycles. The average Bonchev–Trinajstić information content (AvgIpc) is 2.92. The number of benzene rings is 1. The van der Waals surface area contributed by atoms with Crippen LogP contribution in [0.1, 0.15) is 46.0 Å². The van der Waals surface area contributed by atoms with Gasteiger partial charge in [0.2, 0.25) is 0 Å². The number of hydrogen-bond donors (Lipinski definition) is 2. The van der Waals surface area contributed by atoms with E-state index in [1.165, 1.54) is 19.4 Å². The Bertz CT molecular complexity index is 580. The standard InChI is InChI=1S/C18H26N2O3/c1-12-14(3-4-15-16(12)11-23-18(15)22)17(21)10-20-7-5-13(6-8-20)9-19-2/h3-4,13,17,19,21H,5-11H2,1-2H3/p+1/t17-/m0/s1. The van der Waals surface area contributed by atoms with Gasteiger partial charge in [0.1, 0.15) is 6.61 Å². The summed E-state index contributed by atoms with van der Waals surface area (Å²) in [4.78, 5) is 14.0. The Morgan fingerprint density at radius 3 is 2.83 bits per heavy atom. The van der Waals surface area contributed by atoms with Crippen LogP contribution in [0.15, 0.2) is 12.1 Å². The van der Waals surface area contributed by atoms with Crippen LogP contribution in [0.4, 0.5) is 0 Å². The highest BCUT2D eigenvalue weighted by molar-refractivity contribution is 5.93. The van der Waals surface area contributed by atoms with Crippen LogP contribution in [0.5, 0.6) is 0 Å². The van der Waals surface area contributed by atoms with E-state index in [0.717, 1.165) is 35.7 Å². The molecule has 1 fully saturated rings. The fourth-order valence-corrected chi connectivity index (χ4v) is 3.81. The largest absolute Gasteiger partial charge is 0.457 e. The zero-order chi connectivity index (χ0) is 16.4. The summed E-state index contributed by atoms with van der Waals surface area (Å²) in [6.07, 6.45) is 1.91. The maximum absolute atomic E-state index is 11.6. The molecule has 0 spiro atoms. The van der Waals surface area contributed by atoms with Crippen molar-refractivity contribution in [2.45, 2.75) is 32.5 Å². The van der Waals surface area contributed by atoms with E-state index < -0.39 is 6.10 Å². The number of ether oxygens (including phenoxy) is 1. The molecule has 126 valence electrons. The number of aliphatic hydroxyl groups is 1. The van der Waals surface area contributed by atoms with E-state index in [2.05, 4.69) is 17.3 Å². The van der Waals surface area contributed by atoms with E-state index in [9.17, 15) is 9.90 Å². The van der Waals surface area contributed by atoms with Gasteiger partial charge in [-0.05, 0) is 50.0 Å². The minimum Gasteiger partial charge on any atom is -0.457 e. The van der Waals surface area contributed by atoms with Crippen molar-refractivity contribution in [2.75, 3.05) is 33.2 Å². The molecule has 2 aliphatic rings. The van der Waals surface area contributed by atoms with Crippen molar-refractivity contribution in [3.63, 3.8) is 0 Å². The van der Waals surface area contributed by atoms with Crippen LogP contribution >= 0.6 is 0 Å². The number of carbonyl (C=O) groups excluding carboxylic acids is 1. The molecule has 2 aliphatic heterocycles. The van der Waals surface area contributed by atoms with Gasteiger partial charge in [0.15, 0.2) is 0 Å². The number of hydrogen-bond acceptors (Lipinski definition) is 4. The van der Waals surface area contributed by atoms with Crippen molar-refractivity contribution < 1.29 is 20.0 Å². The predicted octanol–water partition coefficient (Wildman–Crippen LogP) is 0.604. The molecule has 3 rings (SSSR count). The first kappa shape index (κ1) is 16.4. The highest BCUT2D eigenvalue weighted by atomic mass is 16.5. The van der Waals surface area contributed by atoms with Crippen LogP contribution < -0.4 is 5.32 Å². The number of piperidine rings is 1. The summed E-state index contributed by atoms with van der Waals surface area (Å²) >= 11 is 0. The van der Waals surface area contributed by atoms with E-state index in [1.54, 1.807) is 6.07 Å². The molecule has 0 amide bonds. The molecule has 0 bridgehead atoms. The van der Waals surface area contributed by atoms with Crippen LogP contribution in [-0.2, 0) is 11.3 Å². The van der Waals surface area contributed by atoms with Gasteiger partial charge in [-0.15, -0.1) is 0 Å². The van der Waals surface area contributed by atoms with Crippen molar-refractivity contribution in [1.29, 1.82) is 0 Å². The fraction of sp³-hybridized carbons (Fsp3) is 0.611. The number of quaternary nitrogens is 1. The number of likely N-dealkylation sites (tertiary alicyclic amines) is 1.